The first kappa shape index (κ1) is 27.3. The van der Waals surface area contributed by atoms with Gasteiger partial charge in [-0.1, -0.05) is 70.1 Å². The average molecular weight is 550 g/mol. The number of fused-ring (bicyclic) bond motifs is 1. The number of amides is 3. The first-order valence-electron chi connectivity index (χ1n) is 15.4. The van der Waals surface area contributed by atoms with Gasteiger partial charge in [0.15, 0.2) is 0 Å². The number of methoxy groups -OCH3 is 1. The second-order valence-corrected chi connectivity index (χ2v) is 12.5. The van der Waals surface area contributed by atoms with Crippen LogP contribution in [0, 0.1) is 17.8 Å². The largest absolute Gasteiger partial charge is 0.497 e. The number of benzene rings is 1. The average Bonchev–Trinajstić information content (AvgIpc) is 3.57. The van der Waals surface area contributed by atoms with E-state index in [2.05, 4.69) is 17.6 Å². The molecular formula is C32H43N3O5. The topological polar surface area (TPSA) is 97.0 Å². The lowest BCUT2D eigenvalue weighted by atomic mass is 9.74. The van der Waals surface area contributed by atoms with E-state index >= 15 is 0 Å². The number of hydrogen-bond acceptors (Lipinski definition) is 5. The highest BCUT2D eigenvalue weighted by molar-refractivity contribution is 6.03. The van der Waals surface area contributed by atoms with Crippen molar-refractivity contribution in [2.45, 2.75) is 107 Å². The Kier molecular flexibility index (Phi) is 7.64. The molecule has 216 valence electrons. The minimum atomic E-state index is -1.12. The number of ether oxygens (including phenoxy) is 2. The monoisotopic (exact) mass is 549 g/mol. The van der Waals surface area contributed by atoms with Crippen LogP contribution in [0.3, 0.4) is 0 Å². The van der Waals surface area contributed by atoms with Gasteiger partial charge < -0.3 is 25.0 Å². The van der Waals surface area contributed by atoms with Crippen molar-refractivity contribution in [1.82, 2.24) is 10.2 Å². The second kappa shape index (κ2) is 11.2. The van der Waals surface area contributed by atoms with E-state index in [1.54, 1.807) is 19.2 Å². The summed E-state index contributed by atoms with van der Waals surface area (Å²) < 4.78 is 11.9. The van der Waals surface area contributed by atoms with Gasteiger partial charge in [0.25, 0.3) is 0 Å². The quantitative estimate of drug-likeness (QED) is 0.506. The number of hydrogen-bond donors (Lipinski definition) is 2. The van der Waals surface area contributed by atoms with Crippen LogP contribution >= 0.6 is 0 Å². The molecule has 3 amide bonds. The van der Waals surface area contributed by atoms with Gasteiger partial charge in [-0.3, -0.25) is 14.4 Å². The second-order valence-electron chi connectivity index (χ2n) is 12.5. The van der Waals surface area contributed by atoms with Crippen LogP contribution in [0.1, 0.15) is 77.6 Å². The Morgan fingerprint density at radius 3 is 2.48 bits per heavy atom. The predicted octanol–water partition coefficient (Wildman–Crippen LogP) is 4.59. The van der Waals surface area contributed by atoms with Crippen molar-refractivity contribution in [1.29, 1.82) is 0 Å². The van der Waals surface area contributed by atoms with Crippen molar-refractivity contribution in [2.75, 3.05) is 12.4 Å². The standard InChI is InChI=1S/C32H43N3O5/c1-20-11-8-9-16-24(20)34-30(37)28-32-18-17-25(40-32)26(29(36)33-21-12-10-15-23(19-21)39-2)27(32)31(38)35(28)22-13-6-4-3-5-7-14-22/h10,12,15,17-20,22,24-28H,3-9,11,13-14,16H2,1-2H3,(H,33,36)(H,34,37). The summed E-state index contributed by atoms with van der Waals surface area (Å²) in [5.41, 5.74) is -0.518. The molecule has 2 saturated heterocycles. The molecule has 6 rings (SSSR count). The summed E-state index contributed by atoms with van der Waals surface area (Å²) in [6, 6.07) is 6.51. The highest BCUT2D eigenvalue weighted by Gasteiger charge is 2.73. The van der Waals surface area contributed by atoms with Gasteiger partial charge in [-0.2, -0.15) is 0 Å². The molecule has 5 aliphatic rings. The molecule has 1 spiro atoms. The van der Waals surface area contributed by atoms with E-state index in [0.717, 1.165) is 57.8 Å². The van der Waals surface area contributed by atoms with Crippen LogP contribution in [0.5, 0.6) is 5.75 Å². The zero-order chi connectivity index (χ0) is 27.9. The van der Waals surface area contributed by atoms with Crippen LogP contribution in [-0.2, 0) is 19.1 Å². The fourth-order valence-electron chi connectivity index (χ4n) is 8.03. The van der Waals surface area contributed by atoms with Gasteiger partial charge in [-0.15, -0.1) is 0 Å². The van der Waals surface area contributed by atoms with Gasteiger partial charge in [0.1, 0.15) is 17.4 Å². The van der Waals surface area contributed by atoms with Crippen molar-refractivity contribution in [3.63, 3.8) is 0 Å². The molecule has 7 atom stereocenters. The van der Waals surface area contributed by atoms with Gasteiger partial charge in [0.2, 0.25) is 17.7 Å². The first-order chi connectivity index (χ1) is 19.4. The molecule has 2 bridgehead atoms. The lowest BCUT2D eigenvalue weighted by Gasteiger charge is -2.39. The fourth-order valence-corrected chi connectivity index (χ4v) is 8.03. The van der Waals surface area contributed by atoms with E-state index in [0.29, 0.717) is 17.4 Å². The summed E-state index contributed by atoms with van der Waals surface area (Å²) >= 11 is 0. The van der Waals surface area contributed by atoms with Gasteiger partial charge in [0.05, 0.1) is 25.0 Å². The molecular weight excluding hydrogens is 506 g/mol. The lowest BCUT2D eigenvalue weighted by molar-refractivity contribution is -0.144. The summed E-state index contributed by atoms with van der Waals surface area (Å²) in [5, 5.41) is 6.35. The molecule has 0 radical (unpaired) electrons. The zero-order valence-corrected chi connectivity index (χ0v) is 23.8. The molecule has 2 N–H and O–H groups in total. The maximum Gasteiger partial charge on any atom is 0.246 e. The Bertz CT molecular complexity index is 1160. The van der Waals surface area contributed by atoms with Crippen LogP contribution < -0.4 is 15.4 Å². The van der Waals surface area contributed by atoms with E-state index in [1.165, 1.54) is 12.8 Å². The zero-order valence-electron chi connectivity index (χ0n) is 23.8. The minimum Gasteiger partial charge on any atom is -0.497 e. The van der Waals surface area contributed by atoms with Crippen LogP contribution in [0.4, 0.5) is 5.69 Å². The highest BCUT2D eigenvalue weighted by Crippen LogP contribution is 2.56. The van der Waals surface area contributed by atoms with Gasteiger partial charge >= 0.3 is 0 Å². The molecule has 0 aromatic heterocycles. The summed E-state index contributed by atoms with van der Waals surface area (Å²) in [6.07, 6.45) is 15.0. The molecule has 1 aromatic carbocycles. The van der Waals surface area contributed by atoms with Crippen LogP contribution in [0.25, 0.3) is 0 Å². The molecule has 4 fully saturated rings. The Balaban J connectivity index is 1.32. The smallest absolute Gasteiger partial charge is 0.246 e. The molecule has 8 nitrogen and oxygen atoms in total. The molecule has 8 heteroatoms. The van der Waals surface area contributed by atoms with Gasteiger partial charge in [-0.25, -0.2) is 0 Å². The van der Waals surface area contributed by atoms with E-state index in [9.17, 15) is 14.4 Å². The van der Waals surface area contributed by atoms with Crippen molar-refractivity contribution >= 4 is 23.4 Å². The van der Waals surface area contributed by atoms with Crippen molar-refractivity contribution < 1.29 is 23.9 Å². The predicted molar refractivity (Wildman–Crippen MR) is 152 cm³/mol. The van der Waals surface area contributed by atoms with E-state index < -0.39 is 29.6 Å². The Morgan fingerprint density at radius 2 is 1.73 bits per heavy atom. The fraction of sp³-hybridized carbons (Fsp3) is 0.656. The van der Waals surface area contributed by atoms with Gasteiger partial charge in [-0.05, 0) is 43.7 Å². The Labute approximate surface area is 237 Å². The van der Waals surface area contributed by atoms with Crippen LogP contribution in [0.2, 0.25) is 0 Å². The van der Waals surface area contributed by atoms with E-state index in [1.807, 2.05) is 29.2 Å². The molecule has 1 aromatic rings. The van der Waals surface area contributed by atoms with Crippen LogP contribution in [0.15, 0.2) is 36.4 Å². The summed E-state index contributed by atoms with van der Waals surface area (Å²) in [5.74, 6) is -0.891. The lowest BCUT2D eigenvalue weighted by Crippen LogP contribution is -2.59. The first-order valence-corrected chi connectivity index (χ1v) is 15.4. The number of rotatable bonds is 6. The third-order valence-corrected chi connectivity index (χ3v) is 10.1. The summed E-state index contributed by atoms with van der Waals surface area (Å²) in [6.45, 7) is 2.20. The number of likely N-dealkylation sites (tertiary alicyclic amines) is 1. The Morgan fingerprint density at radius 1 is 1.00 bits per heavy atom. The third kappa shape index (κ3) is 4.72. The number of anilines is 1. The maximum absolute atomic E-state index is 14.4. The van der Waals surface area contributed by atoms with Crippen molar-refractivity contribution in [3.8, 4) is 5.75 Å². The minimum absolute atomic E-state index is 0.0227. The molecule has 3 heterocycles. The highest BCUT2D eigenvalue weighted by atomic mass is 16.5. The van der Waals surface area contributed by atoms with E-state index in [-0.39, 0.29) is 29.8 Å². The number of nitrogens with zero attached hydrogens (tertiary/aromatic N) is 1. The molecule has 2 saturated carbocycles. The SMILES string of the molecule is COc1cccc(NC(=O)C2C3C=CC4(O3)C2C(=O)N(C2CCCCCCC2)C4C(=O)NC2CCCCC2C)c1. The van der Waals surface area contributed by atoms with Gasteiger partial charge in [0, 0.05) is 23.8 Å². The normalized spacial score (nSPS) is 35.6. The van der Waals surface area contributed by atoms with Crippen molar-refractivity contribution in [2.24, 2.45) is 17.8 Å². The van der Waals surface area contributed by atoms with E-state index in [4.69, 9.17) is 9.47 Å². The number of nitrogens with one attached hydrogen (secondary N) is 2. The third-order valence-electron chi connectivity index (χ3n) is 10.1. The Hall–Kier alpha value is -2.87. The maximum atomic E-state index is 14.4. The molecule has 2 aliphatic carbocycles. The number of carbonyl (C=O) groups excluding carboxylic acids is 3. The summed E-state index contributed by atoms with van der Waals surface area (Å²) in [4.78, 5) is 44.3. The molecule has 3 aliphatic heterocycles. The van der Waals surface area contributed by atoms with Crippen LogP contribution in [-0.4, -0.2) is 59.6 Å². The van der Waals surface area contributed by atoms with Crippen molar-refractivity contribution in [3.05, 3.63) is 36.4 Å². The molecule has 40 heavy (non-hydrogen) atoms. The number of carbonyl (C=O) groups is 3. The molecule has 7 unspecified atom stereocenters. The summed E-state index contributed by atoms with van der Waals surface area (Å²) in [7, 11) is 1.58.